The van der Waals surface area contributed by atoms with Crippen molar-refractivity contribution in [2.45, 2.75) is 45.2 Å². The molecule has 0 aromatic heterocycles. The zero-order chi connectivity index (χ0) is 14.9. The van der Waals surface area contributed by atoms with E-state index >= 15 is 0 Å². The van der Waals surface area contributed by atoms with Crippen LogP contribution in [0.1, 0.15) is 33.6 Å². The number of carboxylic acid groups (broad SMARTS) is 1. The molecule has 3 rings (SSSR count). The van der Waals surface area contributed by atoms with E-state index in [2.05, 4.69) is 10.2 Å². The molecule has 0 spiro atoms. The standard InChI is InChI=1S/C14H25N3O3/c1-14(2,3)17(9-12(18)19)13(20)15-11-8-16-6-4-10(11)5-7-16/h10-11H,4-9H2,1-3H3,(H,15,20)(H,18,19). The molecule has 2 bridgehead atoms. The summed E-state index contributed by atoms with van der Waals surface area (Å²) in [6.45, 7) is 8.42. The molecule has 3 heterocycles. The van der Waals surface area contributed by atoms with Gasteiger partial charge in [-0.05, 0) is 52.6 Å². The smallest absolute Gasteiger partial charge is 0.323 e. The molecule has 1 unspecified atom stereocenters. The SMILES string of the molecule is CC(C)(C)N(CC(=O)O)C(=O)NC1CN2CCC1CC2. The second-order valence-corrected chi connectivity index (χ2v) is 6.84. The molecular formula is C14H25N3O3. The first-order chi connectivity index (χ1) is 9.27. The Labute approximate surface area is 120 Å². The van der Waals surface area contributed by atoms with Gasteiger partial charge in [0, 0.05) is 18.1 Å². The molecule has 0 aliphatic carbocycles. The highest BCUT2D eigenvalue weighted by Crippen LogP contribution is 2.27. The van der Waals surface area contributed by atoms with Gasteiger partial charge in [-0.25, -0.2) is 4.79 Å². The Morgan fingerprint density at radius 1 is 1.30 bits per heavy atom. The minimum absolute atomic E-state index is 0.156. The summed E-state index contributed by atoms with van der Waals surface area (Å²) in [6, 6.07) is -0.109. The highest BCUT2D eigenvalue weighted by Gasteiger charge is 2.37. The molecule has 0 aromatic rings. The number of carbonyl (C=O) groups excluding carboxylic acids is 1. The number of amides is 2. The molecule has 6 nitrogen and oxygen atoms in total. The van der Waals surface area contributed by atoms with E-state index in [0.717, 1.165) is 32.5 Å². The van der Waals surface area contributed by atoms with Gasteiger partial charge in [-0.2, -0.15) is 0 Å². The number of fused-ring (bicyclic) bond motifs is 3. The minimum atomic E-state index is -0.982. The number of hydrogen-bond donors (Lipinski definition) is 2. The predicted molar refractivity (Wildman–Crippen MR) is 75.6 cm³/mol. The van der Waals surface area contributed by atoms with Crippen LogP contribution in [0.5, 0.6) is 0 Å². The van der Waals surface area contributed by atoms with Gasteiger partial charge in [0.05, 0.1) is 0 Å². The van der Waals surface area contributed by atoms with Crippen molar-refractivity contribution in [3.63, 3.8) is 0 Å². The quantitative estimate of drug-likeness (QED) is 0.809. The fraction of sp³-hybridized carbons (Fsp3) is 0.857. The molecule has 0 saturated carbocycles. The first-order valence-electron chi connectivity index (χ1n) is 7.29. The molecular weight excluding hydrogens is 258 g/mol. The van der Waals surface area contributed by atoms with Crippen molar-refractivity contribution in [2.24, 2.45) is 5.92 Å². The third-order valence-electron chi connectivity index (χ3n) is 4.31. The molecule has 3 aliphatic heterocycles. The summed E-state index contributed by atoms with van der Waals surface area (Å²) in [5, 5.41) is 12.0. The number of nitrogens with one attached hydrogen (secondary N) is 1. The van der Waals surface area contributed by atoms with E-state index in [1.165, 1.54) is 4.90 Å². The maximum absolute atomic E-state index is 12.4. The second kappa shape index (κ2) is 5.60. The maximum Gasteiger partial charge on any atom is 0.323 e. The van der Waals surface area contributed by atoms with Crippen molar-refractivity contribution in [1.29, 1.82) is 0 Å². The molecule has 3 aliphatic rings. The van der Waals surface area contributed by atoms with E-state index < -0.39 is 11.5 Å². The number of urea groups is 1. The zero-order valence-corrected chi connectivity index (χ0v) is 12.6. The van der Waals surface area contributed by atoms with Crippen LogP contribution in [-0.2, 0) is 4.79 Å². The van der Waals surface area contributed by atoms with Crippen LogP contribution >= 0.6 is 0 Å². The lowest BCUT2D eigenvalue weighted by molar-refractivity contribution is -0.138. The molecule has 0 radical (unpaired) electrons. The third kappa shape index (κ3) is 3.42. The van der Waals surface area contributed by atoms with Crippen molar-refractivity contribution >= 4 is 12.0 Å². The Morgan fingerprint density at radius 2 is 1.90 bits per heavy atom. The van der Waals surface area contributed by atoms with Crippen LogP contribution in [0, 0.1) is 5.92 Å². The molecule has 20 heavy (non-hydrogen) atoms. The van der Waals surface area contributed by atoms with Crippen LogP contribution in [0.15, 0.2) is 0 Å². The summed E-state index contributed by atoms with van der Waals surface area (Å²) >= 11 is 0. The molecule has 2 amide bonds. The number of rotatable bonds is 3. The summed E-state index contributed by atoms with van der Waals surface area (Å²) in [4.78, 5) is 27.1. The molecule has 2 N–H and O–H groups in total. The van der Waals surface area contributed by atoms with Gasteiger partial charge in [-0.15, -0.1) is 0 Å². The highest BCUT2D eigenvalue weighted by molar-refractivity contribution is 5.81. The van der Waals surface area contributed by atoms with Gasteiger partial charge in [0.25, 0.3) is 0 Å². The summed E-state index contributed by atoms with van der Waals surface area (Å²) < 4.78 is 0. The topological polar surface area (TPSA) is 72.9 Å². The lowest BCUT2D eigenvalue weighted by atomic mass is 9.84. The van der Waals surface area contributed by atoms with Gasteiger partial charge in [0.15, 0.2) is 0 Å². The van der Waals surface area contributed by atoms with Gasteiger partial charge in [-0.3, -0.25) is 4.79 Å². The van der Waals surface area contributed by atoms with Gasteiger partial charge in [0.1, 0.15) is 6.54 Å². The van der Waals surface area contributed by atoms with E-state index in [9.17, 15) is 9.59 Å². The summed E-state index contributed by atoms with van der Waals surface area (Å²) in [6.07, 6.45) is 2.25. The normalized spacial score (nSPS) is 29.1. The maximum atomic E-state index is 12.4. The number of hydrogen-bond acceptors (Lipinski definition) is 3. The zero-order valence-electron chi connectivity index (χ0n) is 12.6. The van der Waals surface area contributed by atoms with E-state index in [0.29, 0.717) is 5.92 Å². The summed E-state index contributed by atoms with van der Waals surface area (Å²) in [5.74, 6) is -0.445. The number of carbonyl (C=O) groups is 2. The van der Waals surface area contributed by atoms with Crippen LogP contribution in [0.4, 0.5) is 4.79 Å². The number of aliphatic carboxylic acids is 1. The Balaban J connectivity index is 1.99. The van der Waals surface area contributed by atoms with Crippen molar-refractivity contribution in [3.05, 3.63) is 0 Å². The van der Waals surface area contributed by atoms with Crippen molar-refractivity contribution < 1.29 is 14.7 Å². The molecule has 3 saturated heterocycles. The second-order valence-electron chi connectivity index (χ2n) is 6.84. The van der Waals surface area contributed by atoms with Gasteiger partial charge in [-0.1, -0.05) is 0 Å². The third-order valence-corrected chi connectivity index (χ3v) is 4.31. The Morgan fingerprint density at radius 3 is 2.30 bits per heavy atom. The van der Waals surface area contributed by atoms with Crippen LogP contribution in [0.25, 0.3) is 0 Å². The fourth-order valence-electron chi connectivity index (χ4n) is 3.11. The summed E-state index contributed by atoms with van der Waals surface area (Å²) in [7, 11) is 0. The Kier molecular flexibility index (Phi) is 4.22. The van der Waals surface area contributed by atoms with Crippen LogP contribution < -0.4 is 5.32 Å². The number of carboxylic acids is 1. The van der Waals surface area contributed by atoms with E-state index in [1.54, 1.807) is 0 Å². The van der Waals surface area contributed by atoms with E-state index in [-0.39, 0.29) is 18.6 Å². The van der Waals surface area contributed by atoms with Crippen molar-refractivity contribution in [3.8, 4) is 0 Å². The molecule has 1 atom stereocenters. The average molecular weight is 283 g/mol. The van der Waals surface area contributed by atoms with Crippen LogP contribution in [0.3, 0.4) is 0 Å². The molecule has 114 valence electrons. The number of nitrogens with zero attached hydrogens (tertiary/aromatic N) is 2. The van der Waals surface area contributed by atoms with Gasteiger partial charge in [0.2, 0.25) is 0 Å². The lowest BCUT2D eigenvalue weighted by Gasteiger charge is -2.46. The van der Waals surface area contributed by atoms with Crippen LogP contribution in [-0.4, -0.2) is 64.7 Å². The van der Waals surface area contributed by atoms with Crippen molar-refractivity contribution in [2.75, 3.05) is 26.2 Å². The van der Waals surface area contributed by atoms with Crippen LogP contribution in [0.2, 0.25) is 0 Å². The predicted octanol–water partition coefficient (Wildman–Crippen LogP) is 0.975. The summed E-state index contributed by atoms with van der Waals surface area (Å²) in [5.41, 5.74) is -0.504. The molecule has 0 aromatic carbocycles. The van der Waals surface area contributed by atoms with E-state index in [4.69, 9.17) is 5.11 Å². The van der Waals surface area contributed by atoms with Crippen molar-refractivity contribution in [1.82, 2.24) is 15.1 Å². The van der Waals surface area contributed by atoms with Gasteiger partial charge < -0.3 is 20.2 Å². The Hall–Kier alpha value is -1.30. The fourth-order valence-corrected chi connectivity index (χ4v) is 3.11. The number of piperidine rings is 3. The first-order valence-corrected chi connectivity index (χ1v) is 7.29. The van der Waals surface area contributed by atoms with E-state index in [1.807, 2.05) is 20.8 Å². The monoisotopic (exact) mass is 283 g/mol. The lowest BCUT2D eigenvalue weighted by Crippen LogP contribution is -2.61. The molecule has 3 fully saturated rings. The molecule has 6 heteroatoms. The first kappa shape index (κ1) is 15.1. The Bertz CT molecular complexity index is 384. The largest absolute Gasteiger partial charge is 0.480 e. The average Bonchev–Trinajstić information content (AvgIpc) is 2.35. The highest BCUT2D eigenvalue weighted by atomic mass is 16.4. The van der Waals surface area contributed by atoms with Gasteiger partial charge >= 0.3 is 12.0 Å². The minimum Gasteiger partial charge on any atom is -0.480 e.